The van der Waals surface area contributed by atoms with Crippen molar-refractivity contribution in [2.24, 2.45) is 23.5 Å². The highest BCUT2D eigenvalue weighted by molar-refractivity contribution is 9.10. The first kappa shape index (κ1) is 13.2. The van der Waals surface area contributed by atoms with Crippen molar-refractivity contribution < 1.29 is 9.21 Å². The van der Waals surface area contributed by atoms with E-state index in [-0.39, 0.29) is 17.9 Å². The molecule has 1 amide bonds. The number of nitrogens with two attached hydrogens (primary N) is 1. The normalized spacial score (nSPS) is 32.8. The first-order valence-corrected chi connectivity index (χ1v) is 7.60. The van der Waals surface area contributed by atoms with Crippen molar-refractivity contribution >= 4 is 21.8 Å². The van der Waals surface area contributed by atoms with Crippen LogP contribution in [0, 0.1) is 17.8 Å². The third kappa shape index (κ3) is 2.34. The van der Waals surface area contributed by atoms with Gasteiger partial charge in [-0.3, -0.25) is 4.79 Å². The van der Waals surface area contributed by atoms with Crippen LogP contribution in [-0.2, 0) is 11.3 Å². The number of hydrogen-bond donors (Lipinski definition) is 1. The molecule has 4 nitrogen and oxygen atoms in total. The van der Waals surface area contributed by atoms with Crippen LogP contribution < -0.4 is 5.73 Å². The summed E-state index contributed by atoms with van der Waals surface area (Å²) in [5.41, 5.74) is 6.22. The molecule has 4 unspecified atom stereocenters. The third-order valence-electron chi connectivity index (χ3n) is 4.66. The molecule has 0 aliphatic heterocycles. The summed E-state index contributed by atoms with van der Waals surface area (Å²) in [5, 5.41) is 0. The summed E-state index contributed by atoms with van der Waals surface area (Å²) in [7, 11) is 1.83. The molecule has 2 fully saturated rings. The van der Waals surface area contributed by atoms with Crippen molar-refractivity contribution in [3.8, 4) is 0 Å². The molecule has 4 atom stereocenters. The van der Waals surface area contributed by atoms with Crippen LogP contribution in [0.2, 0.25) is 0 Å². The molecule has 19 heavy (non-hydrogen) atoms. The Labute approximate surface area is 121 Å². The molecule has 1 aromatic rings. The van der Waals surface area contributed by atoms with E-state index in [1.165, 1.54) is 6.42 Å². The fourth-order valence-electron chi connectivity index (χ4n) is 3.71. The summed E-state index contributed by atoms with van der Waals surface area (Å²) in [5.74, 6) is 2.04. The number of furan rings is 1. The molecule has 0 spiro atoms. The van der Waals surface area contributed by atoms with Gasteiger partial charge in [-0.15, -0.1) is 0 Å². The van der Waals surface area contributed by atoms with E-state index < -0.39 is 0 Å². The highest BCUT2D eigenvalue weighted by atomic mass is 79.9. The molecule has 2 N–H and O–H groups in total. The molecular weight excluding hydrogens is 308 g/mol. The number of carbonyl (C=O) groups excluding carboxylic acids is 1. The summed E-state index contributed by atoms with van der Waals surface area (Å²) >= 11 is 3.27. The highest BCUT2D eigenvalue weighted by Crippen LogP contribution is 2.48. The van der Waals surface area contributed by atoms with Crippen molar-refractivity contribution in [1.82, 2.24) is 4.90 Å². The van der Waals surface area contributed by atoms with E-state index in [4.69, 9.17) is 10.2 Å². The minimum atomic E-state index is 0.0159. The Hall–Kier alpha value is -0.810. The van der Waals surface area contributed by atoms with Crippen LogP contribution in [0.1, 0.15) is 25.0 Å². The molecule has 1 aromatic heterocycles. The predicted octanol–water partition coefficient (Wildman–Crippen LogP) is 2.37. The van der Waals surface area contributed by atoms with Crippen LogP contribution in [0.15, 0.2) is 21.2 Å². The number of fused-ring (bicyclic) bond motifs is 2. The molecule has 0 aromatic carbocycles. The molecule has 0 saturated heterocycles. The van der Waals surface area contributed by atoms with Crippen LogP contribution >= 0.6 is 15.9 Å². The van der Waals surface area contributed by atoms with Crippen molar-refractivity contribution in [3.05, 3.63) is 22.6 Å². The van der Waals surface area contributed by atoms with Gasteiger partial charge in [0.1, 0.15) is 5.76 Å². The summed E-state index contributed by atoms with van der Waals surface area (Å²) in [4.78, 5) is 14.3. The second kappa shape index (κ2) is 4.94. The third-order valence-corrected chi connectivity index (χ3v) is 5.09. The van der Waals surface area contributed by atoms with Gasteiger partial charge in [-0.05, 0) is 59.2 Å². The van der Waals surface area contributed by atoms with E-state index >= 15 is 0 Å². The van der Waals surface area contributed by atoms with E-state index in [2.05, 4.69) is 15.9 Å². The molecule has 3 rings (SSSR count). The number of rotatable bonds is 3. The first-order chi connectivity index (χ1) is 9.06. The highest BCUT2D eigenvalue weighted by Gasteiger charge is 2.49. The minimum Gasteiger partial charge on any atom is -0.452 e. The summed E-state index contributed by atoms with van der Waals surface area (Å²) in [6.45, 7) is 0.505. The van der Waals surface area contributed by atoms with Gasteiger partial charge in [-0.25, -0.2) is 0 Å². The Bertz CT molecular complexity index is 486. The lowest BCUT2D eigenvalue weighted by molar-refractivity contribution is -0.137. The number of carbonyl (C=O) groups is 1. The number of hydrogen-bond acceptors (Lipinski definition) is 3. The Kier molecular flexibility index (Phi) is 3.43. The van der Waals surface area contributed by atoms with E-state index in [1.54, 1.807) is 4.90 Å². The van der Waals surface area contributed by atoms with Gasteiger partial charge in [-0.2, -0.15) is 0 Å². The average molecular weight is 327 g/mol. The monoisotopic (exact) mass is 326 g/mol. The van der Waals surface area contributed by atoms with Crippen LogP contribution in [0.5, 0.6) is 0 Å². The molecule has 2 aliphatic rings. The largest absolute Gasteiger partial charge is 0.452 e. The SMILES string of the molecule is CN(Cc1ccc(Br)o1)C(=O)C1C2CCC(C2)C1N. The molecule has 0 radical (unpaired) electrons. The molecule has 2 saturated carbocycles. The van der Waals surface area contributed by atoms with Crippen molar-refractivity contribution in [2.75, 3.05) is 7.05 Å². The minimum absolute atomic E-state index is 0.0159. The second-order valence-corrected chi connectivity index (χ2v) is 6.62. The second-order valence-electron chi connectivity index (χ2n) is 5.84. The molecule has 104 valence electrons. The van der Waals surface area contributed by atoms with Gasteiger partial charge < -0.3 is 15.1 Å². The van der Waals surface area contributed by atoms with Gasteiger partial charge in [0.05, 0.1) is 12.5 Å². The maximum absolute atomic E-state index is 12.5. The van der Waals surface area contributed by atoms with Crippen LogP contribution in [0.25, 0.3) is 0 Å². The fourth-order valence-corrected chi connectivity index (χ4v) is 4.05. The maximum atomic E-state index is 12.5. The van der Waals surface area contributed by atoms with E-state index in [0.29, 0.717) is 23.1 Å². The van der Waals surface area contributed by atoms with Gasteiger partial charge in [0.15, 0.2) is 4.67 Å². The van der Waals surface area contributed by atoms with Crippen LogP contribution in [-0.4, -0.2) is 23.9 Å². The zero-order valence-corrected chi connectivity index (χ0v) is 12.6. The van der Waals surface area contributed by atoms with Crippen molar-refractivity contribution in [3.63, 3.8) is 0 Å². The van der Waals surface area contributed by atoms with Gasteiger partial charge >= 0.3 is 0 Å². The topological polar surface area (TPSA) is 59.5 Å². The van der Waals surface area contributed by atoms with Gasteiger partial charge in [0.2, 0.25) is 5.91 Å². The zero-order valence-electron chi connectivity index (χ0n) is 11.0. The van der Waals surface area contributed by atoms with Gasteiger partial charge in [0.25, 0.3) is 0 Å². The van der Waals surface area contributed by atoms with Gasteiger partial charge in [-0.1, -0.05) is 0 Å². The van der Waals surface area contributed by atoms with Crippen molar-refractivity contribution in [1.29, 1.82) is 0 Å². The van der Waals surface area contributed by atoms with E-state index in [0.717, 1.165) is 18.6 Å². The molecule has 5 heteroatoms. The maximum Gasteiger partial charge on any atom is 0.227 e. The molecular formula is C14H19BrN2O2. The molecule has 1 heterocycles. The summed E-state index contributed by atoms with van der Waals surface area (Å²) < 4.78 is 6.14. The average Bonchev–Trinajstić information content (AvgIpc) is 3.05. The Morgan fingerprint density at radius 1 is 1.47 bits per heavy atom. The standard InChI is InChI=1S/C14H19BrN2O2/c1-17(7-10-4-5-11(15)19-10)14(18)12-8-2-3-9(6-8)13(12)16/h4-5,8-9,12-13H,2-3,6-7,16H2,1H3. The van der Waals surface area contributed by atoms with Crippen LogP contribution in [0.4, 0.5) is 0 Å². The summed E-state index contributed by atoms with van der Waals surface area (Å²) in [6, 6.07) is 3.78. The van der Waals surface area contributed by atoms with E-state index in [9.17, 15) is 4.79 Å². The lowest BCUT2D eigenvalue weighted by Crippen LogP contribution is -2.45. The number of halogens is 1. The quantitative estimate of drug-likeness (QED) is 0.927. The number of amides is 1. The molecule has 2 bridgehead atoms. The zero-order chi connectivity index (χ0) is 13.6. The molecule has 2 aliphatic carbocycles. The predicted molar refractivity (Wildman–Crippen MR) is 75.2 cm³/mol. The Morgan fingerprint density at radius 3 is 2.79 bits per heavy atom. The smallest absolute Gasteiger partial charge is 0.227 e. The summed E-state index contributed by atoms with van der Waals surface area (Å²) in [6.07, 6.45) is 3.50. The van der Waals surface area contributed by atoms with Crippen LogP contribution in [0.3, 0.4) is 0 Å². The lowest BCUT2D eigenvalue weighted by Gasteiger charge is -2.30. The first-order valence-electron chi connectivity index (χ1n) is 6.81. The lowest BCUT2D eigenvalue weighted by atomic mass is 9.84. The Morgan fingerprint density at radius 2 is 2.21 bits per heavy atom. The van der Waals surface area contributed by atoms with E-state index in [1.807, 2.05) is 19.2 Å². The fraction of sp³-hybridized carbons (Fsp3) is 0.643. The number of nitrogens with zero attached hydrogens (tertiary/aromatic N) is 1. The van der Waals surface area contributed by atoms with Crippen molar-refractivity contribution in [2.45, 2.75) is 31.8 Å². The Balaban J connectivity index is 1.67. The van der Waals surface area contributed by atoms with Gasteiger partial charge in [0, 0.05) is 13.1 Å².